The quantitative estimate of drug-likeness (QED) is 0.564. The van der Waals surface area contributed by atoms with Crippen molar-refractivity contribution >= 4 is 17.6 Å². The summed E-state index contributed by atoms with van der Waals surface area (Å²) in [6.07, 6.45) is -3.75. The second kappa shape index (κ2) is 8.37. The summed E-state index contributed by atoms with van der Waals surface area (Å²) in [5.74, 6) is -1.48. The van der Waals surface area contributed by atoms with Gasteiger partial charge in [0.1, 0.15) is 11.4 Å². The number of carbonyl (C=O) groups excluding carboxylic acids is 2. The number of benzene rings is 2. The van der Waals surface area contributed by atoms with E-state index in [1.165, 1.54) is 41.0 Å². The van der Waals surface area contributed by atoms with Crippen LogP contribution in [0.3, 0.4) is 0 Å². The van der Waals surface area contributed by atoms with Crippen LogP contribution in [-0.2, 0) is 11.2 Å². The zero-order valence-electron chi connectivity index (χ0n) is 16.9. The first-order valence-electron chi connectivity index (χ1n) is 9.71. The highest BCUT2D eigenvalue weighted by Gasteiger charge is 2.33. The molecule has 1 aliphatic heterocycles. The Morgan fingerprint density at radius 2 is 1.81 bits per heavy atom. The van der Waals surface area contributed by atoms with Gasteiger partial charge >= 0.3 is 12.3 Å². The van der Waals surface area contributed by atoms with Gasteiger partial charge in [-0.25, -0.2) is 9.48 Å². The van der Waals surface area contributed by atoms with Gasteiger partial charge in [-0.3, -0.25) is 4.79 Å². The lowest BCUT2D eigenvalue weighted by molar-refractivity contribution is -0.274. The number of rotatable bonds is 4. The van der Waals surface area contributed by atoms with E-state index >= 15 is 0 Å². The van der Waals surface area contributed by atoms with Crippen molar-refractivity contribution in [1.82, 2.24) is 9.78 Å². The fourth-order valence-corrected chi connectivity index (χ4v) is 3.62. The van der Waals surface area contributed by atoms with E-state index < -0.39 is 18.2 Å². The molecule has 2 aromatic carbocycles. The van der Waals surface area contributed by atoms with Crippen LogP contribution in [0.1, 0.15) is 33.0 Å². The minimum atomic E-state index is -4.80. The molecule has 1 aliphatic rings. The maximum Gasteiger partial charge on any atom is 0.573 e. The molecule has 10 heteroatoms. The Balaban J connectivity index is 1.73. The van der Waals surface area contributed by atoms with Crippen molar-refractivity contribution in [2.45, 2.75) is 19.2 Å². The van der Waals surface area contributed by atoms with Gasteiger partial charge in [-0.15, -0.1) is 13.2 Å². The summed E-state index contributed by atoms with van der Waals surface area (Å²) >= 11 is 0. The van der Waals surface area contributed by atoms with Gasteiger partial charge in [-0.1, -0.05) is 18.2 Å². The summed E-state index contributed by atoms with van der Waals surface area (Å²) in [6, 6.07) is 14.0. The van der Waals surface area contributed by atoms with Crippen LogP contribution in [0.5, 0.6) is 5.75 Å². The SMILES string of the molecule is COC(=O)c1cc(C(=O)N2CCCc3cc(OC(F)(F)F)ccc32)n(-c2ccccc2)n1. The number of fused-ring (bicyclic) bond motifs is 1. The van der Waals surface area contributed by atoms with Crippen LogP contribution in [0.15, 0.2) is 54.6 Å². The minimum Gasteiger partial charge on any atom is -0.464 e. The van der Waals surface area contributed by atoms with E-state index in [0.29, 0.717) is 36.3 Å². The topological polar surface area (TPSA) is 73.7 Å². The number of methoxy groups -OCH3 is 1. The van der Waals surface area contributed by atoms with E-state index in [-0.39, 0.29) is 17.1 Å². The Hall–Kier alpha value is -3.82. The zero-order chi connectivity index (χ0) is 22.9. The Kier molecular flexibility index (Phi) is 5.60. The predicted molar refractivity (Wildman–Crippen MR) is 108 cm³/mol. The van der Waals surface area contributed by atoms with Crippen molar-refractivity contribution in [3.63, 3.8) is 0 Å². The van der Waals surface area contributed by atoms with Crippen molar-refractivity contribution in [2.75, 3.05) is 18.6 Å². The molecule has 7 nitrogen and oxygen atoms in total. The Labute approximate surface area is 181 Å². The first-order valence-corrected chi connectivity index (χ1v) is 9.71. The maximum atomic E-state index is 13.5. The Morgan fingerprint density at radius 1 is 1.06 bits per heavy atom. The molecule has 0 saturated carbocycles. The fraction of sp³-hybridized carbons (Fsp3) is 0.227. The van der Waals surface area contributed by atoms with Crippen molar-refractivity contribution in [1.29, 1.82) is 0 Å². The van der Waals surface area contributed by atoms with Gasteiger partial charge in [0.2, 0.25) is 0 Å². The van der Waals surface area contributed by atoms with Gasteiger partial charge < -0.3 is 14.4 Å². The molecule has 4 rings (SSSR count). The van der Waals surface area contributed by atoms with Gasteiger partial charge in [-0.05, 0) is 48.7 Å². The molecular formula is C22H18F3N3O4. The second-order valence-corrected chi connectivity index (χ2v) is 7.05. The first-order chi connectivity index (χ1) is 15.3. The van der Waals surface area contributed by atoms with Gasteiger partial charge in [0.15, 0.2) is 5.69 Å². The molecule has 0 aliphatic carbocycles. The van der Waals surface area contributed by atoms with E-state index in [1.807, 2.05) is 0 Å². The third-order valence-corrected chi connectivity index (χ3v) is 4.97. The number of para-hydroxylation sites is 1. The molecular weight excluding hydrogens is 427 g/mol. The number of ether oxygens (including phenoxy) is 2. The van der Waals surface area contributed by atoms with Crippen LogP contribution in [0, 0.1) is 0 Å². The molecule has 0 N–H and O–H groups in total. The van der Waals surface area contributed by atoms with E-state index in [0.717, 1.165) is 0 Å². The smallest absolute Gasteiger partial charge is 0.464 e. The summed E-state index contributed by atoms with van der Waals surface area (Å²) in [7, 11) is 1.22. The van der Waals surface area contributed by atoms with E-state index in [1.54, 1.807) is 30.3 Å². The molecule has 2 heterocycles. The second-order valence-electron chi connectivity index (χ2n) is 7.05. The lowest BCUT2D eigenvalue weighted by Crippen LogP contribution is -2.36. The van der Waals surface area contributed by atoms with Crippen LogP contribution < -0.4 is 9.64 Å². The third kappa shape index (κ3) is 4.29. The highest BCUT2D eigenvalue weighted by molar-refractivity contribution is 6.07. The summed E-state index contributed by atoms with van der Waals surface area (Å²) in [4.78, 5) is 27.0. The van der Waals surface area contributed by atoms with Gasteiger partial charge in [0.05, 0.1) is 12.8 Å². The molecule has 0 fully saturated rings. The van der Waals surface area contributed by atoms with E-state index in [2.05, 4.69) is 9.84 Å². The number of alkyl halides is 3. The molecule has 0 atom stereocenters. The third-order valence-electron chi connectivity index (χ3n) is 4.97. The number of hydrogen-bond donors (Lipinski definition) is 0. The van der Waals surface area contributed by atoms with Crippen LogP contribution >= 0.6 is 0 Å². The molecule has 3 aromatic rings. The Bertz CT molecular complexity index is 1160. The van der Waals surface area contributed by atoms with Gasteiger partial charge in [0, 0.05) is 18.3 Å². The molecule has 166 valence electrons. The molecule has 0 spiro atoms. The molecule has 0 unspecified atom stereocenters. The summed E-state index contributed by atoms with van der Waals surface area (Å²) in [5.41, 5.74) is 1.70. The standard InChI is InChI=1S/C22H18F3N3O4/c1-31-21(30)17-13-19(28(26-17)15-7-3-2-4-8-15)20(29)27-11-5-6-14-12-16(9-10-18(14)27)32-22(23,24)25/h2-4,7-10,12-13H,5-6,11H2,1H3. The highest BCUT2D eigenvalue weighted by atomic mass is 19.4. The van der Waals surface area contributed by atoms with Crippen molar-refractivity contribution in [3.05, 3.63) is 71.5 Å². The van der Waals surface area contributed by atoms with E-state index in [4.69, 9.17) is 4.74 Å². The number of anilines is 1. The number of amides is 1. The van der Waals surface area contributed by atoms with Crippen LogP contribution in [0.4, 0.5) is 18.9 Å². The number of aromatic nitrogens is 2. The summed E-state index contributed by atoms with van der Waals surface area (Å²) in [6.45, 7) is 0.360. The monoisotopic (exact) mass is 445 g/mol. The zero-order valence-corrected chi connectivity index (χ0v) is 16.9. The largest absolute Gasteiger partial charge is 0.573 e. The number of aryl methyl sites for hydroxylation is 1. The molecule has 0 saturated heterocycles. The number of carbonyl (C=O) groups is 2. The van der Waals surface area contributed by atoms with Crippen molar-refractivity contribution < 1.29 is 32.2 Å². The van der Waals surface area contributed by atoms with Crippen LogP contribution in [0.2, 0.25) is 0 Å². The number of nitrogens with zero attached hydrogens (tertiary/aromatic N) is 3. The normalized spacial score (nSPS) is 13.4. The highest BCUT2D eigenvalue weighted by Crippen LogP contribution is 2.33. The average Bonchev–Trinajstić information content (AvgIpc) is 3.22. The van der Waals surface area contributed by atoms with Crippen molar-refractivity contribution in [3.8, 4) is 11.4 Å². The molecule has 32 heavy (non-hydrogen) atoms. The van der Waals surface area contributed by atoms with Crippen molar-refractivity contribution in [2.24, 2.45) is 0 Å². The molecule has 0 bridgehead atoms. The minimum absolute atomic E-state index is 0.0362. The van der Waals surface area contributed by atoms with E-state index in [9.17, 15) is 22.8 Å². The average molecular weight is 445 g/mol. The predicted octanol–water partition coefficient (Wildman–Crippen LogP) is 4.15. The van der Waals surface area contributed by atoms with Crippen LogP contribution in [0.25, 0.3) is 5.69 Å². The lowest BCUT2D eigenvalue weighted by Gasteiger charge is -2.30. The number of esters is 1. The van der Waals surface area contributed by atoms with Gasteiger partial charge in [0.25, 0.3) is 5.91 Å². The molecule has 0 radical (unpaired) electrons. The first kappa shape index (κ1) is 21.4. The summed E-state index contributed by atoms with van der Waals surface area (Å²) < 4.78 is 47.8. The maximum absolute atomic E-state index is 13.5. The summed E-state index contributed by atoms with van der Waals surface area (Å²) in [5, 5.41) is 4.23. The Morgan fingerprint density at radius 3 is 2.50 bits per heavy atom. The number of halogens is 3. The lowest BCUT2D eigenvalue weighted by atomic mass is 10.0. The molecule has 1 aromatic heterocycles. The number of hydrogen-bond acceptors (Lipinski definition) is 5. The molecule has 1 amide bonds. The van der Waals surface area contributed by atoms with Crippen LogP contribution in [-0.4, -0.2) is 41.7 Å². The fourth-order valence-electron chi connectivity index (χ4n) is 3.62. The van der Waals surface area contributed by atoms with Gasteiger partial charge in [-0.2, -0.15) is 5.10 Å².